The van der Waals surface area contributed by atoms with E-state index in [1.54, 1.807) is 0 Å². The fraction of sp³-hybridized carbons (Fsp3) is 0.875. The topological polar surface area (TPSA) is 49.4 Å². The van der Waals surface area contributed by atoms with Crippen molar-refractivity contribution in [3.05, 3.63) is 0 Å². The first-order valence-corrected chi connectivity index (χ1v) is 7.47. The van der Waals surface area contributed by atoms with Crippen LogP contribution in [0, 0.1) is 0 Å². The van der Waals surface area contributed by atoms with Gasteiger partial charge in [-0.05, 0) is 54.4 Å². The molecule has 0 saturated heterocycles. The van der Waals surface area contributed by atoms with Gasteiger partial charge in [-0.15, -0.1) is 0 Å². The molecule has 0 aliphatic heterocycles. The summed E-state index contributed by atoms with van der Waals surface area (Å²) in [6.07, 6.45) is 4.53. The lowest BCUT2D eigenvalue weighted by Gasteiger charge is -2.06. The van der Waals surface area contributed by atoms with E-state index in [-0.39, 0.29) is 11.1 Å². The highest BCUT2D eigenvalue weighted by molar-refractivity contribution is 5.42. The standard InChI is InChI=1S/C16H30N4/c1-15(2,3)19-13-17-11-9-7-8-10-12-18-14-20-16(4,5)6/h7-12H2,1-6H3. The third kappa shape index (κ3) is 16.8. The summed E-state index contributed by atoms with van der Waals surface area (Å²) in [4.78, 5) is 16.7. The van der Waals surface area contributed by atoms with Crippen molar-refractivity contribution in [3.63, 3.8) is 0 Å². The zero-order valence-electron chi connectivity index (χ0n) is 14.0. The Balaban J connectivity index is 3.56. The van der Waals surface area contributed by atoms with Crippen LogP contribution < -0.4 is 0 Å². The maximum absolute atomic E-state index is 4.19. The van der Waals surface area contributed by atoms with E-state index in [4.69, 9.17) is 0 Å². The van der Waals surface area contributed by atoms with Gasteiger partial charge in [0.15, 0.2) is 0 Å². The van der Waals surface area contributed by atoms with E-state index in [2.05, 4.69) is 32.0 Å². The lowest BCUT2D eigenvalue weighted by Crippen LogP contribution is -2.08. The van der Waals surface area contributed by atoms with Crippen molar-refractivity contribution in [2.75, 3.05) is 13.1 Å². The van der Waals surface area contributed by atoms with Crippen LogP contribution in [-0.4, -0.2) is 36.2 Å². The van der Waals surface area contributed by atoms with Crippen LogP contribution in [0.1, 0.15) is 67.2 Å². The first-order chi connectivity index (χ1) is 9.21. The van der Waals surface area contributed by atoms with Crippen LogP contribution >= 0.6 is 0 Å². The van der Waals surface area contributed by atoms with Crippen LogP contribution in [0.5, 0.6) is 0 Å². The third-order valence-corrected chi connectivity index (χ3v) is 2.20. The van der Waals surface area contributed by atoms with E-state index in [1.807, 2.05) is 41.5 Å². The fourth-order valence-corrected chi connectivity index (χ4v) is 1.21. The van der Waals surface area contributed by atoms with Gasteiger partial charge >= 0.3 is 0 Å². The smallest absolute Gasteiger partial charge is 0.0898 e. The van der Waals surface area contributed by atoms with Gasteiger partial charge in [-0.3, -0.25) is 0 Å². The molecule has 0 spiro atoms. The van der Waals surface area contributed by atoms with Crippen LogP contribution in [0.25, 0.3) is 0 Å². The summed E-state index contributed by atoms with van der Waals surface area (Å²) in [6, 6.07) is 5.53. The molecular weight excluding hydrogens is 248 g/mol. The molecule has 0 radical (unpaired) electrons. The minimum absolute atomic E-state index is 0.0733. The second kappa shape index (κ2) is 9.63. The van der Waals surface area contributed by atoms with Crippen molar-refractivity contribution in [2.24, 2.45) is 20.0 Å². The lowest BCUT2D eigenvalue weighted by molar-refractivity contribution is 0.585. The number of aliphatic imine (C=N–C) groups is 4. The molecule has 20 heavy (non-hydrogen) atoms. The van der Waals surface area contributed by atoms with Crippen molar-refractivity contribution in [2.45, 2.75) is 78.3 Å². The first-order valence-electron chi connectivity index (χ1n) is 7.47. The molecule has 0 aromatic rings. The lowest BCUT2D eigenvalue weighted by atomic mass is 10.1. The average Bonchev–Trinajstić information content (AvgIpc) is 2.27. The van der Waals surface area contributed by atoms with Crippen molar-refractivity contribution < 1.29 is 0 Å². The molecule has 4 heteroatoms. The normalized spacial score (nSPS) is 11.3. The number of nitrogens with zero attached hydrogens (tertiary/aromatic N) is 4. The van der Waals surface area contributed by atoms with Gasteiger partial charge in [-0.25, -0.2) is 20.0 Å². The monoisotopic (exact) mass is 278 g/mol. The van der Waals surface area contributed by atoms with Crippen LogP contribution in [0.3, 0.4) is 0 Å². The Morgan fingerprint density at radius 2 is 0.950 bits per heavy atom. The summed E-state index contributed by atoms with van der Waals surface area (Å²) in [6.45, 7) is 13.9. The highest BCUT2D eigenvalue weighted by Crippen LogP contribution is 2.05. The van der Waals surface area contributed by atoms with Crippen molar-refractivity contribution >= 4 is 12.0 Å². The van der Waals surface area contributed by atoms with Crippen LogP contribution in [-0.2, 0) is 0 Å². The van der Waals surface area contributed by atoms with E-state index < -0.39 is 0 Å². The Kier molecular flexibility index (Phi) is 9.03. The third-order valence-electron chi connectivity index (χ3n) is 2.20. The molecular formula is C16H30N4. The summed E-state index contributed by atoms with van der Waals surface area (Å²) in [5.41, 5.74) is -0.147. The Morgan fingerprint density at radius 3 is 1.25 bits per heavy atom. The molecule has 0 aliphatic carbocycles. The summed E-state index contributed by atoms with van der Waals surface area (Å²) in [5, 5.41) is 0. The van der Waals surface area contributed by atoms with Gasteiger partial charge in [0.25, 0.3) is 0 Å². The number of hydrogen-bond acceptors (Lipinski definition) is 4. The van der Waals surface area contributed by atoms with Crippen LogP contribution in [0.2, 0.25) is 0 Å². The molecule has 0 aliphatic rings. The molecule has 0 aromatic carbocycles. The Morgan fingerprint density at radius 1 is 0.600 bits per heavy atom. The molecule has 0 fully saturated rings. The average molecular weight is 278 g/mol. The van der Waals surface area contributed by atoms with Gasteiger partial charge in [0.1, 0.15) is 0 Å². The van der Waals surface area contributed by atoms with Crippen LogP contribution in [0.4, 0.5) is 0 Å². The molecule has 0 atom stereocenters. The van der Waals surface area contributed by atoms with E-state index >= 15 is 0 Å². The molecule has 0 N–H and O–H groups in total. The van der Waals surface area contributed by atoms with Crippen molar-refractivity contribution in [1.82, 2.24) is 0 Å². The highest BCUT2D eigenvalue weighted by atomic mass is 14.9. The molecule has 0 rings (SSSR count). The minimum atomic E-state index is -0.0733. The first kappa shape index (κ1) is 18.8. The quantitative estimate of drug-likeness (QED) is 0.486. The maximum atomic E-state index is 4.19. The van der Waals surface area contributed by atoms with Gasteiger partial charge in [-0.1, -0.05) is 12.8 Å². The minimum Gasteiger partial charge on any atom is -0.226 e. The Hall–Kier alpha value is -1.24. The van der Waals surface area contributed by atoms with E-state index in [1.165, 1.54) is 12.8 Å². The molecule has 4 nitrogen and oxygen atoms in total. The molecule has 0 heterocycles. The van der Waals surface area contributed by atoms with Crippen molar-refractivity contribution in [1.29, 1.82) is 0 Å². The SMILES string of the molecule is CC(C)(C)N=C=NCCCCCCN=C=NC(C)(C)C. The molecule has 0 unspecified atom stereocenters. The molecule has 114 valence electrons. The zero-order valence-corrected chi connectivity index (χ0v) is 14.0. The number of rotatable bonds is 7. The summed E-state index contributed by atoms with van der Waals surface area (Å²) in [7, 11) is 0. The van der Waals surface area contributed by atoms with Gasteiger partial charge in [-0.2, -0.15) is 0 Å². The number of hydrogen-bond donors (Lipinski definition) is 0. The molecule has 0 bridgehead atoms. The highest BCUT2D eigenvalue weighted by Gasteiger charge is 2.04. The van der Waals surface area contributed by atoms with E-state index in [9.17, 15) is 0 Å². The van der Waals surface area contributed by atoms with E-state index in [0.29, 0.717) is 0 Å². The predicted molar refractivity (Wildman–Crippen MR) is 87.4 cm³/mol. The van der Waals surface area contributed by atoms with Gasteiger partial charge < -0.3 is 0 Å². The summed E-state index contributed by atoms with van der Waals surface area (Å²) in [5.74, 6) is 0. The summed E-state index contributed by atoms with van der Waals surface area (Å²) >= 11 is 0. The molecule has 0 aromatic heterocycles. The second-order valence-electron chi connectivity index (χ2n) is 6.94. The van der Waals surface area contributed by atoms with Gasteiger partial charge in [0.05, 0.1) is 23.1 Å². The van der Waals surface area contributed by atoms with Crippen molar-refractivity contribution in [3.8, 4) is 0 Å². The second-order valence-corrected chi connectivity index (χ2v) is 6.94. The number of unbranched alkanes of at least 4 members (excludes halogenated alkanes) is 3. The Bertz CT molecular complexity index is 332. The summed E-state index contributed by atoms with van der Waals surface area (Å²) < 4.78 is 0. The Labute approximate surface area is 124 Å². The zero-order chi connectivity index (χ0) is 15.5. The molecule has 0 amide bonds. The fourth-order valence-electron chi connectivity index (χ4n) is 1.21. The van der Waals surface area contributed by atoms with Gasteiger partial charge in [0, 0.05) is 13.1 Å². The largest absolute Gasteiger partial charge is 0.226 e. The van der Waals surface area contributed by atoms with Crippen LogP contribution in [0.15, 0.2) is 20.0 Å². The maximum Gasteiger partial charge on any atom is 0.0898 e. The van der Waals surface area contributed by atoms with Gasteiger partial charge in [0.2, 0.25) is 0 Å². The van der Waals surface area contributed by atoms with E-state index in [0.717, 1.165) is 25.9 Å². The molecule has 0 saturated carbocycles. The predicted octanol–water partition coefficient (Wildman–Crippen LogP) is 4.49.